The molecule has 5 nitrogen and oxygen atoms in total. The molecular formula is C14H19N3O2. The van der Waals surface area contributed by atoms with Crippen LogP contribution in [0.1, 0.15) is 18.9 Å². The Bertz CT molecular complexity index is 515. The van der Waals surface area contributed by atoms with Gasteiger partial charge in [0.2, 0.25) is 11.8 Å². The number of amides is 2. The molecular weight excluding hydrogens is 242 g/mol. The highest BCUT2D eigenvalue weighted by atomic mass is 16.2. The lowest BCUT2D eigenvalue weighted by Gasteiger charge is -2.21. The van der Waals surface area contributed by atoms with E-state index in [9.17, 15) is 9.59 Å². The zero-order chi connectivity index (χ0) is 14.0. The Kier molecular flexibility index (Phi) is 3.46. The zero-order valence-electron chi connectivity index (χ0n) is 11.1. The number of benzene rings is 1. The summed E-state index contributed by atoms with van der Waals surface area (Å²) >= 11 is 0. The van der Waals surface area contributed by atoms with Gasteiger partial charge in [-0.3, -0.25) is 9.59 Å². The SMILES string of the molecule is CC1(C(N)=O)CCN(C(=O)Cc2ccccc2N)C1. The van der Waals surface area contributed by atoms with Crippen LogP contribution in [-0.4, -0.2) is 29.8 Å². The molecule has 1 heterocycles. The summed E-state index contributed by atoms with van der Waals surface area (Å²) in [6.07, 6.45) is 0.889. The molecule has 1 atom stereocenters. The number of nitrogens with two attached hydrogens (primary N) is 2. The third-order valence-electron chi connectivity index (χ3n) is 3.82. The lowest BCUT2D eigenvalue weighted by atomic mass is 9.89. The van der Waals surface area contributed by atoms with Gasteiger partial charge in [-0.25, -0.2) is 0 Å². The lowest BCUT2D eigenvalue weighted by Crippen LogP contribution is -2.39. The van der Waals surface area contributed by atoms with Crippen LogP contribution >= 0.6 is 0 Å². The van der Waals surface area contributed by atoms with Crippen LogP contribution in [0.25, 0.3) is 0 Å². The van der Waals surface area contributed by atoms with Crippen molar-refractivity contribution in [2.45, 2.75) is 19.8 Å². The van der Waals surface area contributed by atoms with E-state index in [1.807, 2.05) is 18.2 Å². The van der Waals surface area contributed by atoms with Crippen molar-refractivity contribution in [1.29, 1.82) is 0 Å². The molecule has 0 spiro atoms. The fraction of sp³-hybridized carbons (Fsp3) is 0.429. The Balaban J connectivity index is 2.03. The standard InChI is InChI=1S/C14H19N3O2/c1-14(13(16)19)6-7-17(9-14)12(18)8-10-4-2-3-5-11(10)15/h2-5H,6-9,15H2,1H3,(H2,16,19). The summed E-state index contributed by atoms with van der Waals surface area (Å²) in [5.74, 6) is -0.357. The molecule has 1 aromatic rings. The molecule has 1 aliphatic heterocycles. The first-order chi connectivity index (χ1) is 8.92. The van der Waals surface area contributed by atoms with Crippen molar-refractivity contribution in [3.05, 3.63) is 29.8 Å². The first kappa shape index (κ1) is 13.4. The van der Waals surface area contributed by atoms with Crippen LogP contribution in [0.3, 0.4) is 0 Å². The van der Waals surface area contributed by atoms with Crippen LogP contribution in [0, 0.1) is 5.41 Å². The normalized spacial score (nSPS) is 22.5. The predicted molar refractivity (Wildman–Crippen MR) is 73.1 cm³/mol. The molecule has 1 aliphatic rings. The smallest absolute Gasteiger partial charge is 0.227 e. The molecule has 0 saturated carbocycles. The summed E-state index contributed by atoms with van der Waals surface area (Å²) in [5.41, 5.74) is 12.0. The molecule has 1 aromatic carbocycles. The Labute approximate surface area is 112 Å². The highest BCUT2D eigenvalue weighted by Crippen LogP contribution is 2.30. The van der Waals surface area contributed by atoms with Gasteiger partial charge in [-0.1, -0.05) is 18.2 Å². The maximum atomic E-state index is 12.2. The molecule has 1 saturated heterocycles. The van der Waals surface area contributed by atoms with Crippen LogP contribution in [0.15, 0.2) is 24.3 Å². The van der Waals surface area contributed by atoms with Gasteiger partial charge in [-0.2, -0.15) is 0 Å². The number of nitrogens with zero attached hydrogens (tertiary/aromatic N) is 1. The van der Waals surface area contributed by atoms with E-state index in [1.165, 1.54) is 0 Å². The fourth-order valence-corrected chi connectivity index (χ4v) is 2.34. The van der Waals surface area contributed by atoms with Gasteiger partial charge in [-0.05, 0) is 25.0 Å². The minimum Gasteiger partial charge on any atom is -0.398 e. The molecule has 1 fully saturated rings. The third-order valence-corrected chi connectivity index (χ3v) is 3.82. The number of likely N-dealkylation sites (tertiary alicyclic amines) is 1. The average Bonchev–Trinajstić information content (AvgIpc) is 2.76. The molecule has 4 N–H and O–H groups in total. The molecule has 102 valence electrons. The lowest BCUT2D eigenvalue weighted by molar-refractivity contribution is -0.131. The number of carbonyl (C=O) groups is 2. The van der Waals surface area contributed by atoms with E-state index in [4.69, 9.17) is 11.5 Å². The van der Waals surface area contributed by atoms with E-state index in [-0.39, 0.29) is 18.2 Å². The van der Waals surface area contributed by atoms with Crippen LogP contribution in [-0.2, 0) is 16.0 Å². The van der Waals surface area contributed by atoms with E-state index >= 15 is 0 Å². The molecule has 0 aliphatic carbocycles. The number of hydrogen-bond acceptors (Lipinski definition) is 3. The second-order valence-electron chi connectivity index (χ2n) is 5.37. The maximum Gasteiger partial charge on any atom is 0.227 e. The molecule has 19 heavy (non-hydrogen) atoms. The van der Waals surface area contributed by atoms with Gasteiger partial charge in [0.15, 0.2) is 0 Å². The number of para-hydroxylation sites is 1. The molecule has 1 unspecified atom stereocenters. The number of hydrogen-bond donors (Lipinski definition) is 2. The summed E-state index contributed by atoms with van der Waals surface area (Å²) in [6, 6.07) is 7.32. The summed E-state index contributed by atoms with van der Waals surface area (Å²) in [7, 11) is 0. The topological polar surface area (TPSA) is 89.4 Å². The first-order valence-corrected chi connectivity index (χ1v) is 6.33. The van der Waals surface area contributed by atoms with Crippen LogP contribution in [0.4, 0.5) is 5.69 Å². The van der Waals surface area contributed by atoms with Crippen molar-refractivity contribution in [3.8, 4) is 0 Å². The molecule has 0 bridgehead atoms. The van der Waals surface area contributed by atoms with Gasteiger partial charge < -0.3 is 16.4 Å². The first-order valence-electron chi connectivity index (χ1n) is 6.33. The Morgan fingerprint density at radius 2 is 2.05 bits per heavy atom. The van der Waals surface area contributed by atoms with Crippen molar-refractivity contribution in [2.24, 2.45) is 11.1 Å². The Hall–Kier alpha value is -2.04. The minimum absolute atomic E-state index is 0.0112. The number of nitrogen functional groups attached to an aromatic ring is 1. The second-order valence-corrected chi connectivity index (χ2v) is 5.37. The minimum atomic E-state index is -0.599. The van der Waals surface area contributed by atoms with E-state index in [0.29, 0.717) is 25.2 Å². The van der Waals surface area contributed by atoms with Crippen LogP contribution in [0.5, 0.6) is 0 Å². The second kappa shape index (κ2) is 4.91. The van der Waals surface area contributed by atoms with Gasteiger partial charge in [0.25, 0.3) is 0 Å². The van der Waals surface area contributed by atoms with Crippen molar-refractivity contribution in [3.63, 3.8) is 0 Å². The number of primary amides is 1. The van der Waals surface area contributed by atoms with Crippen LogP contribution in [0.2, 0.25) is 0 Å². The van der Waals surface area contributed by atoms with Crippen molar-refractivity contribution in [2.75, 3.05) is 18.8 Å². The third kappa shape index (κ3) is 2.70. The van der Waals surface area contributed by atoms with Gasteiger partial charge in [0.1, 0.15) is 0 Å². The molecule has 0 radical (unpaired) electrons. The predicted octanol–water partition coefficient (Wildman–Crippen LogP) is 0.535. The average molecular weight is 261 g/mol. The Morgan fingerprint density at radius 1 is 1.37 bits per heavy atom. The largest absolute Gasteiger partial charge is 0.398 e. The number of rotatable bonds is 3. The highest BCUT2D eigenvalue weighted by Gasteiger charge is 2.40. The number of anilines is 1. The maximum absolute atomic E-state index is 12.2. The van der Waals surface area contributed by atoms with E-state index < -0.39 is 5.41 Å². The quantitative estimate of drug-likeness (QED) is 0.778. The summed E-state index contributed by atoms with van der Waals surface area (Å²) in [4.78, 5) is 25.3. The summed E-state index contributed by atoms with van der Waals surface area (Å²) in [5, 5.41) is 0. The van der Waals surface area contributed by atoms with Gasteiger partial charge in [0, 0.05) is 18.8 Å². The van der Waals surface area contributed by atoms with Gasteiger partial charge in [0.05, 0.1) is 11.8 Å². The van der Waals surface area contributed by atoms with Gasteiger partial charge in [-0.15, -0.1) is 0 Å². The monoisotopic (exact) mass is 261 g/mol. The molecule has 5 heteroatoms. The van der Waals surface area contributed by atoms with Crippen molar-refractivity contribution in [1.82, 2.24) is 4.90 Å². The van der Waals surface area contributed by atoms with Crippen LogP contribution < -0.4 is 11.5 Å². The summed E-state index contributed by atoms with van der Waals surface area (Å²) < 4.78 is 0. The van der Waals surface area contributed by atoms with Gasteiger partial charge >= 0.3 is 0 Å². The van der Waals surface area contributed by atoms with E-state index in [0.717, 1.165) is 5.56 Å². The highest BCUT2D eigenvalue weighted by molar-refractivity contribution is 5.85. The van der Waals surface area contributed by atoms with Crippen molar-refractivity contribution < 1.29 is 9.59 Å². The van der Waals surface area contributed by atoms with E-state index in [1.54, 1.807) is 17.9 Å². The van der Waals surface area contributed by atoms with Crippen molar-refractivity contribution >= 4 is 17.5 Å². The molecule has 2 amide bonds. The zero-order valence-corrected chi connectivity index (χ0v) is 11.1. The molecule has 0 aromatic heterocycles. The summed E-state index contributed by atoms with van der Waals surface area (Å²) in [6.45, 7) is 2.78. The Morgan fingerprint density at radius 3 is 2.63 bits per heavy atom. The number of carbonyl (C=O) groups excluding carboxylic acids is 2. The fourth-order valence-electron chi connectivity index (χ4n) is 2.34. The molecule has 2 rings (SSSR count). The van der Waals surface area contributed by atoms with E-state index in [2.05, 4.69) is 0 Å².